The van der Waals surface area contributed by atoms with Gasteiger partial charge in [0.15, 0.2) is 0 Å². The number of aliphatic carboxylic acids is 1. The Morgan fingerprint density at radius 2 is 2.22 bits per heavy atom. The molecule has 0 amide bonds. The summed E-state index contributed by atoms with van der Waals surface area (Å²) in [4.78, 5) is 10.5. The van der Waals surface area contributed by atoms with E-state index in [2.05, 4.69) is 0 Å². The Balaban J connectivity index is 2.57. The van der Waals surface area contributed by atoms with Crippen molar-refractivity contribution in [3.8, 4) is 0 Å². The summed E-state index contributed by atoms with van der Waals surface area (Å²) >= 11 is 0. The number of carbonyl (C=O) groups is 1. The maximum absolute atomic E-state index is 10.5. The highest BCUT2D eigenvalue weighted by atomic mass is 16.4. The van der Waals surface area contributed by atoms with Crippen LogP contribution in [0.3, 0.4) is 0 Å². The van der Waals surface area contributed by atoms with E-state index < -0.39 is 5.97 Å². The predicted octanol–water partition coefficient (Wildman–Crippen LogP) is 1.65. The van der Waals surface area contributed by atoms with E-state index in [-0.39, 0.29) is 5.41 Å². The van der Waals surface area contributed by atoms with Gasteiger partial charge in [-0.05, 0) is 19.3 Å². The number of carboxylic acids is 1. The largest absolute Gasteiger partial charge is 0.481 e. The van der Waals surface area contributed by atoms with E-state index in [9.17, 15) is 4.79 Å². The molecule has 0 radical (unpaired) electrons. The Morgan fingerprint density at radius 3 is 2.22 bits per heavy atom. The monoisotopic (exact) mass is 128 g/mol. The van der Waals surface area contributed by atoms with Gasteiger partial charge >= 0.3 is 5.97 Å². The highest BCUT2D eigenvalue weighted by Crippen LogP contribution is 2.43. The Hall–Kier alpha value is -0.530. The van der Waals surface area contributed by atoms with E-state index in [0.717, 1.165) is 25.7 Å². The molecule has 0 aliphatic heterocycles. The maximum atomic E-state index is 10.5. The fourth-order valence-corrected chi connectivity index (χ4v) is 1.32. The molecule has 0 aromatic carbocycles. The van der Waals surface area contributed by atoms with Crippen LogP contribution in [0.25, 0.3) is 0 Å². The van der Waals surface area contributed by atoms with E-state index in [4.69, 9.17) is 5.11 Å². The molecule has 2 nitrogen and oxygen atoms in total. The molecule has 2 heteroatoms. The molecule has 1 N–H and O–H groups in total. The molecule has 1 rings (SSSR count). The van der Waals surface area contributed by atoms with E-state index in [0.29, 0.717) is 0 Å². The number of hydrogen-bond donors (Lipinski definition) is 1. The van der Waals surface area contributed by atoms with E-state index in [1.165, 1.54) is 0 Å². The first-order chi connectivity index (χ1) is 4.21. The molecule has 0 unspecified atom stereocenters. The third-order valence-corrected chi connectivity index (χ3v) is 2.44. The second-order valence-electron chi connectivity index (χ2n) is 2.79. The normalized spacial score (nSPS) is 22.8. The molecule has 0 spiro atoms. The van der Waals surface area contributed by atoms with Crippen molar-refractivity contribution in [2.24, 2.45) is 5.41 Å². The molecule has 0 atom stereocenters. The third-order valence-electron chi connectivity index (χ3n) is 2.44. The van der Waals surface area contributed by atoms with E-state index >= 15 is 0 Å². The van der Waals surface area contributed by atoms with Gasteiger partial charge in [0.05, 0.1) is 5.41 Å². The summed E-state index contributed by atoms with van der Waals surface area (Å²) in [6, 6.07) is 0. The topological polar surface area (TPSA) is 37.3 Å². The van der Waals surface area contributed by atoms with Crippen molar-refractivity contribution in [3.05, 3.63) is 0 Å². The van der Waals surface area contributed by atoms with Gasteiger partial charge in [-0.25, -0.2) is 0 Å². The first kappa shape index (κ1) is 6.59. The SMILES string of the molecule is CCC1(C(=O)O)CCC1. The van der Waals surface area contributed by atoms with Crippen molar-refractivity contribution in [1.29, 1.82) is 0 Å². The molecule has 0 heterocycles. The molecule has 52 valence electrons. The molecular weight excluding hydrogens is 116 g/mol. The van der Waals surface area contributed by atoms with Crippen LogP contribution in [0.5, 0.6) is 0 Å². The van der Waals surface area contributed by atoms with E-state index in [1.807, 2.05) is 6.92 Å². The van der Waals surface area contributed by atoms with Gasteiger partial charge in [-0.3, -0.25) is 4.79 Å². The zero-order valence-electron chi connectivity index (χ0n) is 5.68. The molecule has 0 aromatic heterocycles. The van der Waals surface area contributed by atoms with Crippen molar-refractivity contribution in [1.82, 2.24) is 0 Å². The van der Waals surface area contributed by atoms with Gasteiger partial charge < -0.3 is 5.11 Å². The summed E-state index contributed by atoms with van der Waals surface area (Å²) < 4.78 is 0. The van der Waals surface area contributed by atoms with Crippen LogP contribution in [-0.2, 0) is 4.79 Å². The molecular formula is C7H12O2. The van der Waals surface area contributed by atoms with Crippen LogP contribution in [0.1, 0.15) is 32.6 Å². The Bertz CT molecular complexity index is 119. The Kier molecular flexibility index (Phi) is 1.47. The first-order valence-corrected chi connectivity index (χ1v) is 3.45. The number of hydrogen-bond acceptors (Lipinski definition) is 1. The number of rotatable bonds is 2. The average molecular weight is 128 g/mol. The predicted molar refractivity (Wildman–Crippen MR) is 34.2 cm³/mol. The second kappa shape index (κ2) is 2.01. The molecule has 0 aromatic rings. The second-order valence-corrected chi connectivity index (χ2v) is 2.79. The third kappa shape index (κ3) is 0.824. The highest BCUT2D eigenvalue weighted by molar-refractivity contribution is 5.75. The standard InChI is InChI=1S/C7H12O2/c1-2-7(6(8)9)4-3-5-7/h2-5H2,1H3,(H,8,9). The lowest BCUT2D eigenvalue weighted by atomic mass is 9.67. The van der Waals surface area contributed by atoms with Crippen LogP contribution in [-0.4, -0.2) is 11.1 Å². The van der Waals surface area contributed by atoms with Crippen molar-refractivity contribution in [2.45, 2.75) is 32.6 Å². The molecule has 9 heavy (non-hydrogen) atoms. The first-order valence-electron chi connectivity index (χ1n) is 3.45. The van der Waals surface area contributed by atoms with Crippen molar-refractivity contribution >= 4 is 5.97 Å². The summed E-state index contributed by atoms with van der Waals surface area (Å²) in [5.74, 6) is -0.601. The number of carboxylic acid groups (broad SMARTS) is 1. The van der Waals surface area contributed by atoms with Crippen LogP contribution in [0.15, 0.2) is 0 Å². The summed E-state index contributed by atoms with van der Waals surface area (Å²) in [5.41, 5.74) is -0.319. The lowest BCUT2D eigenvalue weighted by Gasteiger charge is -2.36. The fraction of sp³-hybridized carbons (Fsp3) is 0.857. The highest BCUT2D eigenvalue weighted by Gasteiger charge is 2.42. The quantitative estimate of drug-likeness (QED) is 0.614. The molecule has 0 saturated heterocycles. The zero-order valence-corrected chi connectivity index (χ0v) is 5.68. The molecule has 0 bridgehead atoms. The summed E-state index contributed by atoms with van der Waals surface area (Å²) in [7, 11) is 0. The van der Waals surface area contributed by atoms with Gasteiger partial charge in [-0.1, -0.05) is 13.3 Å². The summed E-state index contributed by atoms with van der Waals surface area (Å²) in [5, 5.41) is 8.68. The Morgan fingerprint density at radius 1 is 1.67 bits per heavy atom. The van der Waals surface area contributed by atoms with Crippen LogP contribution in [0.2, 0.25) is 0 Å². The van der Waals surface area contributed by atoms with Crippen LogP contribution in [0.4, 0.5) is 0 Å². The minimum atomic E-state index is -0.601. The van der Waals surface area contributed by atoms with Gasteiger partial charge in [0.25, 0.3) is 0 Å². The fourth-order valence-electron chi connectivity index (χ4n) is 1.32. The minimum absolute atomic E-state index is 0.319. The van der Waals surface area contributed by atoms with Crippen molar-refractivity contribution < 1.29 is 9.90 Å². The maximum Gasteiger partial charge on any atom is 0.309 e. The summed E-state index contributed by atoms with van der Waals surface area (Å²) in [6.07, 6.45) is 3.67. The van der Waals surface area contributed by atoms with Crippen molar-refractivity contribution in [3.63, 3.8) is 0 Å². The minimum Gasteiger partial charge on any atom is -0.481 e. The van der Waals surface area contributed by atoms with Gasteiger partial charge in [0, 0.05) is 0 Å². The van der Waals surface area contributed by atoms with Gasteiger partial charge in [-0.15, -0.1) is 0 Å². The van der Waals surface area contributed by atoms with Crippen LogP contribution < -0.4 is 0 Å². The molecule has 1 aliphatic rings. The van der Waals surface area contributed by atoms with Crippen LogP contribution >= 0.6 is 0 Å². The lowest BCUT2D eigenvalue weighted by molar-refractivity contribution is -0.154. The van der Waals surface area contributed by atoms with Crippen molar-refractivity contribution in [2.75, 3.05) is 0 Å². The van der Waals surface area contributed by atoms with Gasteiger partial charge in [-0.2, -0.15) is 0 Å². The molecule has 1 aliphatic carbocycles. The lowest BCUT2D eigenvalue weighted by Crippen LogP contribution is -2.36. The van der Waals surface area contributed by atoms with Crippen LogP contribution in [0, 0.1) is 5.41 Å². The summed E-state index contributed by atoms with van der Waals surface area (Å²) in [6.45, 7) is 1.95. The van der Waals surface area contributed by atoms with Gasteiger partial charge in [0.2, 0.25) is 0 Å². The molecule has 1 fully saturated rings. The van der Waals surface area contributed by atoms with E-state index in [1.54, 1.807) is 0 Å². The zero-order chi connectivity index (χ0) is 6.91. The Labute approximate surface area is 54.9 Å². The average Bonchev–Trinajstić information content (AvgIpc) is 1.62. The smallest absolute Gasteiger partial charge is 0.309 e. The molecule has 1 saturated carbocycles. The van der Waals surface area contributed by atoms with Gasteiger partial charge in [0.1, 0.15) is 0 Å².